The van der Waals surface area contributed by atoms with Crippen molar-refractivity contribution < 1.29 is 27.8 Å². The highest BCUT2D eigenvalue weighted by molar-refractivity contribution is 7.21. The Morgan fingerprint density at radius 3 is 2.51 bits per heavy atom. The number of thiophene rings is 1. The smallest absolute Gasteiger partial charge is 0.407 e. The zero-order chi connectivity index (χ0) is 29.1. The van der Waals surface area contributed by atoms with Crippen LogP contribution in [0.25, 0.3) is 21.3 Å². The third-order valence-electron chi connectivity index (χ3n) is 7.28. The lowest BCUT2D eigenvalue weighted by atomic mass is 9.91. The van der Waals surface area contributed by atoms with Crippen LogP contribution in [0.2, 0.25) is 5.02 Å². The van der Waals surface area contributed by atoms with Gasteiger partial charge in [0.2, 0.25) is 0 Å². The van der Waals surface area contributed by atoms with E-state index in [1.54, 1.807) is 18.2 Å². The fourth-order valence-electron chi connectivity index (χ4n) is 5.20. The van der Waals surface area contributed by atoms with Crippen molar-refractivity contribution in [2.75, 3.05) is 14.2 Å². The van der Waals surface area contributed by atoms with Crippen molar-refractivity contribution in [1.82, 2.24) is 15.2 Å². The number of benzene rings is 2. The van der Waals surface area contributed by atoms with E-state index in [0.717, 1.165) is 40.3 Å². The Balaban J connectivity index is 1.52. The molecule has 214 valence electrons. The number of hydrogen-bond acceptors (Lipinski definition) is 6. The number of carbonyl (C=O) groups excluding carboxylic acids is 2. The second-order valence-electron chi connectivity index (χ2n) is 9.74. The molecule has 0 spiro atoms. The van der Waals surface area contributed by atoms with E-state index < -0.39 is 23.6 Å². The maximum absolute atomic E-state index is 14.6. The summed E-state index contributed by atoms with van der Waals surface area (Å²) in [6.45, 7) is 0.157. The van der Waals surface area contributed by atoms with Crippen molar-refractivity contribution in [1.29, 1.82) is 0 Å². The van der Waals surface area contributed by atoms with E-state index in [0.29, 0.717) is 31.4 Å². The molecule has 0 saturated heterocycles. The standard InChI is InChI=1S/C30H28ClF2N3O4S/c1-34-30(38)40-20-9-7-19(8-10-20)36(29(37)28-26(31)25-21(32)11-12-22(33)27(25)41-28)16-18-15-17(6-13-24(18)39-2)23-5-3-4-14-35-23/h3-6,11-15,19-20H,7-10,16H2,1-2H3,(H,34,38). The molecule has 41 heavy (non-hydrogen) atoms. The summed E-state index contributed by atoms with van der Waals surface area (Å²) in [6.07, 6.45) is 3.14. The number of carbonyl (C=O) groups is 2. The van der Waals surface area contributed by atoms with Gasteiger partial charge < -0.3 is 19.7 Å². The minimum Gasteiger partial charge on any atom is -0.496 e. The summed E-state index contributed by atoms with van der Waals surface area (Å²) in [6, 6.07) is 13.0. The van der Waals surface area contributed by atoms with Crippen molar-refractivity contribution >= 4 is 45.0 Å². The summed E-state index contributed by atoms with van der Waals surface area (Å²) >= 11 is 7.37. The van der Waals surface area contributed by atoms with Gasteiger partial charge in [0.1, 0.15) is 28.4 Å². The number of aromatic nitrogens is 1. The zero-order valence-corrected chi connectivity index (χ0v) is 24.0. The van der Waals surface area contributed by atoms with E-state index in [1.165, 1.54) is 7.05 Å². The number of hydrogen-bond donors (Lipinski definition) is 1. The minimum atomic E-state index is -0.690. The van der Waals surface area contributed by atoms with Crippen LogP contribution in [-0.2, 0) is 11.3 Å². The number of fused-ring (bicyclic) bond motifs is 1. The summed E-state index contributed by atoms with van der Waals surface area (Å²) in [5.41, 5.74) is 2.35. The maximum Gasteiger partial charge on any atom is 0.407 e. The van der Waals surface area contributed by atoms with Gasteiger partial charge in [0.25, 0.3) is 5.91 Å². The number of alkyl carbamates (subject to hydrolysis) is 1. The Bertz CT molecular complexity index is 1580. The SMILES string of the molecule is CNC(=O)OC1CCC(N(Cc2cc(-c3ccccn3)ccc2OC)C(=O)c2sc3c(F)ccc(F)c3c2Cl)CC1. The molecule has 0 unspecified atom stereocenters. The lowest BCUT2D eigenvalue weighted by Crippen LogP contribution is -2.43. The maximum atomic E-state index is 14.6. The third kappa shape index (κ3) is 5.99. The van der Waals surface area contributed by atoms with E-state index >= 15 is 0 Å². The van der Waals surface area contributed by atoms with E-state index in [2.05, 4.69) is 10.3 Å². The fourth-order valence-corrected chi connectivity index (χ4v) is 6.70. The van der Waals surface area contributed by atoms with E-state index in [-0.39, 0.29) is 38.7 Å². The van der Waals surface area contributed by atoms with Crippen molar-refractivity contribution in [2.45, 2.75) is 44.4 Å². The van der Waals surface area contributed by atoms with Gasteiger partial charge in [-0.2, -0.15) is 0 Å². The monoisotopic (exact) mass is 599 g/mol. The molecule has 7 nitrogen and oxygen atoms in total. The molecule has 1 fully saturated rings. The minimum absolute atomic E-state index is 0.00397. The first-order valence-electron chi connectivity index (χ1n) is 13.1. The van der Waals surface area contributed by atoms with Crippen LogP contribution in [0.15, 0.2) is 54.7 Å². The Morgan fingerprint density at radius 1 is 1.10 bits per heavy atom. The van der Waals surface area contributed by atoms with Crippen LogP contribution in [0.5, 0.6) is 5.75 Å². The average Bonchev–Trinajstić information content (AvgIpc) is 3.36. The van der Waals surface area contributed by atoms with E-state index in [1.807, 2.05) is 36.4 Å². The fraction of sp³-hybridized carbons (Fsp3) is 0.300. The average molecular weight is 600 g/mol. The number of nitrogens with one attached hydrogen (secondary N) is 1. The molecule has 1 aliphatic carbocycles. The topological polar surface area (TPSA) is 80.8 Å². The van der Waals surface area contributed by atoms with Crippen molar-refractivity contribution in [3.63, 3.8) is 0 Å². The number of nitrogens with zero attached hydrogens (tertiary/aromatic N) is 2. The highest BCUT2D eigenvalue weighted by Crippen LogP contribution is 2.40. The van der Waals surface area contributed by atoms with Gasteiger partial charge in [-0.05, 0) is 68.1 Å². The van der Waals surface area contributed by atoms with Gasteiger partial charge in [0.15, 0.2) is 0 Å². The molecule has 5 rings (SSSR count). The van der Waals surface area contributed by atoms with Crippen molar-refractivity contribution in [2.24, 2.45) is 0 Å². The molecule has 2 aromatic heterocycles. The molecule has 11 heteroatoms. The van der Waals surface area contributed by atoms with E-state index in [9.17, 15) is 18.4 Å². The van der Waals surface area contributed by atoms with E-state index in [4.69, 9.17) is 21.1 Å². The van der Waals surface area contributed by atoms with Crippen LogP contribution >= 0.6 is 22.9 Å². The molecule has 0 aliphatic heterocycles. The Hall–Kier alpha value is -3.76. The van der Waals surface area contributed by atoms with Crippen LogP contribution < -0.4 is 10.1 Å². The molecule has 0 radical (unpaired) electrons. The molecule has 2 amide bonds. The van der Waals surface area contributed by atoms with Crippen LogP contribution in [0.4, 0.5) is 13.6 Å². The van der Waals surface area contributed by atoms with Gasteiger partial charge >= 0.3 is 6.09 Å². The first-order valence-corrected chi connectivity index (χ1v) is 14.3. The van der Waals surface area contributed by atoms with Crippen molar-refractivity contribution in [3.05, 3.63) is 81.8 Å². The summed E-state index contributed by atoms with van der Waals surface area (Å²) < 4.78 is 40.3. The van der Waals surface area contributed by atoms with Gasteiger partial charge in [0.05, 0.1) is 27.9 Å². The number of amides is 2. The van der Waals surface area contributed by atoms with Gasteiger partial charge in [-0.25, -0.2) is 13.6 Å². The largest absolute Gasteiger partial charge is 0.496 e. The Labute approximate surface area is 245 Å². The molecule has 0 atom stereocenters. The van der Waals surface area contributed by atoms with Crippen LogP contribution in [0.3, 0.4) is 0 Å². The molecule has 2 heterocycles. The van der Waals surface area contributed by atoms with Gasteiger partial charge in [-0.3, -0.25) is 9.78 Å². The highest BCUT2D eigenvalue weighted by atomic mass is 35.5. The second-order valence-corrected chi connectivity index (χ2v) is 11.1. The lowest BCUT2D eigenvalue weighted by Gasteiger charge is -2.37. The van der Waals surface area contributed by atoms with Crippen LogP contribution in [0.1, 0.15) is 40.9 Å². The number of ether oxygens (including phenoxy) is 2. The number of methoxy groups -OCH3 is 1. The predicted molar refractivity (Wildman–Crippen MR) is 154 cm³/mol. The highest BCUT2D eigenvalue weighted by Gasteiger charge is 2.34. The molecular formula is C30H28ClF2N3O4S. The van der Waals surface area contributed by atoms with Gasteiger partial charge in [0, 0.05) is 37.0 Å². The summed E-state index contributed by atoms with van der Waals surface area (Å²) in [5.74, 6) is -1.19. The summed E-state index contributed by atoms with van der Waals surface area (Å²) in [5, 5.41) is 2.25. The number of rotatable bonds is 7. The quantitative estimate of drug-likeness (QED) is 0.243. The third-order valence-corrected chi connectivity index (χ3v) is 8.96. The summed E-state index contributed by atoms with van der Waals surface area (Å²) in [4.78, 5) is 32.1. The molecule has 1 aliphatic rings. The van der Waals surface area contributed by atoms with Crippen molar-refractivity contribution in [3.8, 4) is 17.0 Å². The first-order chi connectivity index (χ1) is 19.8. The lowest BCUT2D eigenvalue weighted by molar-refractivity contribution is 0.0381. The Kier molecular flexibility index (Phi) is 8.70. The zero-order valence-electron chi connectivity index (χ0n) is 22.5. The summed E-state index contributed by atoms with van der Waals surface area (Å²) in [7, 11) is 3.06. The van der Waals surface area contributed by atoms with Crippen LogP contribution in [0, 0.1) is 11.6 Å². The normalized spacial score (nSPS) is 16.8. The molecule has 1 N–H and O–H groups in total. The molecule has 2 aromatic carbocycles. The number of pyridine rings is 1. The number of halogens is 3. The molecular weight excluding hydrogens is 572 g/mol. The van der Waals surface area contributed by atoms with Gasteiger partial charge in [-0.15, -0.1) is 11.3 Å². The predicted octanol–water partition coefficient (Wildman–Crippen LogP) is 7.21. The first kappa shape index (κ1) is 28.8. The Morgan fingerprint density at radius 2 is 1.85 bits per heavy atom. The van der Waals surface area contributed by atoms with Gasteiger partial charge in [-0.1, -0.05) is 17.7 Å². The molecule has 1 saturated carbocycles. The second kappa shape index (κ2) is 12.4. The van der Waals surface area contributed by atoms with Crippen LogP contribution in [-0.4, -0.2) is 48.2 Å². The molecule has 4 aromatic rings. The molecule has 0 bridgehead atoms.